The summed E-state index contributed by atoms with van der Waals surface area (Å²) in [5, 5.41) is 8.83. The van der Waals surface area contributed by atoms with Crippen molar-refractivity contribution in [3.63, 3.8) is 0 Å². The van der Waals surface area contributed by atoms with Crippen molar-refractivity contribution in [2.75, 3.05) is 0 Å². The minimum Gasteiger partial charge on any atom is -0.481 e. The number of carboxylic acid groups (broad SMARTS) is 1. The lowest BCUT2D eigenvalue weighted by molar-refractivity contribution is -0.142. The Labute approximate surface area is 112 Å². The molecule has 0 rings (SSSR count). The molecular formula is C11H19Cl3O2. The largest absolute Gasteiger partial charge is 0.481 e. The standard InChI is InChI=1S/C11H19Cl3O2/c1-2-9(10(15)16)7-5-3-4-6-8-11(12,13)14/h9H,2-8H2,1H3,(H,15,16). The Bertz CT molecular complexity index is 202. The second-order valence-corrected chi connectivity index (χ2v) is 6.53. The number of unbranched alkanes of at least 4 members (excludes halogenated alkanes) is 3. The molecule has 0 fully saturated rings. The molecule has 16 heavy (non-hydrogen) atoms. The number of carboxylic acids is 1. The minimum atomic E-state index is -1.15. The zero-order valence-corrected chi connectivity index (χ0v) is 11.8. The number of rotatable bonds is 8. The number of halogens is 3. The van der Waals surface area contributed by atoms with Gasteiger partial charge in [-0.25, -0.2) is 0 Å². The van der Waals surface area contributed by atoms with E-state index in [-0.39, 0.29) is 5.92 Å². The van der Waals surface area contributed by atoms with E-state index < -0.39 is 9.76 Å². The van der Waals surface area contributed by atoms with Gasteiger partial charge in [-0.15, -0.1) is 0 Å². The van der Waals surface area contributed by atoms with E-state index in [2.05, 4.69) is 0 Å². The Balaban J connectivity index is 3.43. The molecule has 0 aromatic heterocycles. The van der Waals surface area contributed by atoms with Crippen LogP contribution in [-0.4, -0.2) is 14.9 Å². The third-order valence-electron chi connectivity index (χ3n) is 2.60. The SMILES string of the molecule is CCC(CCCCCCC(Cl)(Cl)Cl)C(=O)O. The van der Waals surface area contributed by atoms with Gasteiger partial charge in [0.1, 0.15) is 0 Å². The molecule has 96 valence electrons. The van der Waals surface area contributed by atoms with Gasteiger partial charge in [0.05, 0.1) is 5.92 Å². The summed E-state index contributed by atoms with van der Waals surface area (Å²) in [4.78, 5) is 10.7. The summed E-state index contributed by atoms with van der Waals surface area (Å²) in [6.45, 7) is 1.90. The van der Waals surface area contributed by atoms with Gasteiger partial charge in [-0.05, 0) is 25.7 Å². The van der Waals surface area contributed by atoms with Gasteiger partial charge in [0, 0.05) is 0 Å². The monoisotopic (exact) mass is 288 g/mol. The topological polar surface area (TPSA) is 37.3 Å². The maximum atomic E-state index is 10.7. The molecule has 5 heteroatoms. The summed E-state index contributed by atoms with van der Waals surface area (Å²) in [5.74, 6) is -0.892. The van der Waals surface area contributed by atoms with E-state index in [4.69, 9.17) is 39.9 Å². The molecule has 0 aliphatic carbocycles. The van der Waals surface area contributed by atoms with Crippen LogP contribution in [0.3, 0.4) is 0 Å². The van der Waals surface area contributed by atoms with Crippen LogP contribution in [-0.2, 0) is 4.79 Å². The van der Waals surface area contributed by atoms with Crippen LogP contribution in [0, 0.1) is 5.92 Å². The summed E-state index contributed by atoms with van der Waals surface area (Å²) in [6.07, 6.45) is 5.82. The summed E-state index contributed by atoms with van der Waals surface area (Å²) in [6, 6.07) is 0. The Hall–Kier alpha value is 0.340. The molecule has 0 spiro atoms. The molecule has 0 radical (unpaired) electrons. The first-order valence-corrected chi connectivity index (χ1v) is 6.79. The van der Waals surface area contributed by atoms with Crippen molar-refractivity contribution in [3.8, 4) is 0 Å². The van der Waals surface area contributed by atoms with Gasteiger partial charge in [-0.1, -0.05) is 61.0 Å². The minimum absolute atomic E-state index is 0.201. The number of aliphatic carboxylic acids is 1. The van der Waals surface area contributed by atoms with E-state index in [1.807, 2.05) is 6.92 Å². The van der Waals surface area contributed by atoms with E-state index in [0.717, 1.165) is 32.1 Å². The molecule has 0 aromatic rings. The Morgan fingerprint density at radius 3 is 2.19 bits per heavy atom. The van der Waals surface area contributed by atoms with Crippen molar-refractivity contribution in [2.45, 2.75) is 55.7 Å². The van der Waals surface area contributed by atoms with Crippen LogP contribution in [0.1, 0.15) is 51.9 Å². The van der Waals surface area contributed by atoms with Gasteiger partial charge in [0.15, 0.2) is 3.79 Å². The molecule has 1 atom stereocenters. The quantitative estimate of drug-likeness (QED) is 0.514. The molecule has 2 nitrogen and oxygen atoms in total. The lowest BCUT2D eigenvalue weighted by atomic mass is 9.98. The predicted molar refractivity (Wildman–Crippen MR) is 69.4 cm³/mol. The normalized spacial score (nSPS) is 13.8. The maximum absolute atomic E-state index is 10.7. The molecule has 0 heterocycles. The Kier molecular flexibility index (Phi) is 8.61. The highest BCUT2D eigenvalue weighted by Crippen LogP contribution is 2.32. The third kappa shape index (κ3) is 9.56. The van der Waals surface area contributed by atoms with E-state index >= 15 is 0 Å². The van der Waals surface area contributed by atoms with Crippen LogP contribution in [0.2, 0.25) is 0 Å². The third-order valence-corrected chi connectivity index (χ3v) is 3.17. The molecule has 1 unspecified atom stereocenters. The molecular weight excluding hydrogens is 270 g/mol. The number of hydrogen-bond acceptors (Lipinski definition) is 1. The zero-order chi connectivity index (χ0) is 12.6. The Morgan fingerprint density at radius 1 is 1.19 bits per heavy atom. The fourth-order valence-corrected chi connectivity index (χ4v) is 1.97. The van der Waals surface area contributed by atoms with Gasteiger partial charge in [0.25, 0.3) is 0 Å². The van der Waals surface area contributed by atoms with Crippen LogP contribution in [0.4, 0.5) is 0 Å². The van der Waals surface area contributed by atoms with Gasteiger partial charge in [-0.2, -0.15) is 0 Å². The fraction of sp³-hybridized carbons (Fsp3) is 0.909. The second kappa shape index (κ2) is 8.43. The van der Waals surface area contributed by atoms with Gasteiger partial charge < -0.3 is 5.11 Å². The van der Waals surface area contributed by atoms with Crippen molar-refractivity contribution in [1.29, 1.82) is 0 Å². The molecule has 0 aromatic carbocycles. The van der Waals surface area contributed by atoms with E-state index in [9.17, 15) is 4.79 Å². The smallest absolute Gasteiger partial charge is 0.306 e. The van der Waals surface area contributed by atoms with Crippen LogP contribution in [0.5, 0.6) is 0 Å². The highest BCUT2D eigenvalue weighted by atomic mass is 35.6. The molecule has 0 saturated heterocycles. The molecule has 0 aliphatic rings. The van der Waals surface area contributed by atoms with Crippen LogP contribution >= 0.6 is 34.8 Å². The summed E-state index contributed by atoms with van der Waals surface area (Å²) in [7, 11) is 0. The van der Waals surface area contributed by atoms with Crippen molar-refractivity contribution < 1.29 is 9.90 Å². The maximum Gasteiger partial charge on any atom is 0.306 e. The highest BCUT2D eigenvalue weighted by molar-refractivity contribution is 6.67. The van der Waals surface area contributed by atoms with Crippen LogP contribution in [0.25, 0.3) is 0 Å². The van der Waals surface area contributed by atoms with Gasteiger partial charge in [-0.3, -0.25) is 4.79 Å². The van der Waals surface area contributed by atoms with Crippen molar-refractivity contribution >= 4 is 40.8 Å². The van der Waals surface area contributed by atoms with E-state index in [1.54, 1.807) is 0 Å². The van der Waals surface area contributed by atoms with Gasteiger partial charge >= 0.3 is 5.97 Å². The molecule has 1 N–H and O–H groups in total. The molecule has 0 saturated carbocycles. The lowest BCUT2D eigenvalue weighted by Crippen LogP contribution is -2.12. The number of alkyl halides is 3. The fourth-order valence-electron chi connectivity index (χ4n) is 1.57. The first kappa shape index (κ1) is 16.3. The van der Waals surface area contributed by atoms with E-state index in [0.29, 0.717) is 12.8 Å². The predicted octanol–water partition coefficient (Wildman–Crippen LogP) is 4.81. The highest BCUT2D eigenvalue weighted by Gasteiger charge is 2.18. The van der Waals surface area contributed by atoms with Crippen molar-refractivity contribution in [3.05, 3.63) is 0 Å². The zero-order valence-electron chi connectivity index (χ0n) is 9.52. The average Bonchev–Trinajstić information content (AvgIpc) is 2.14. The lowest BCUT2D eigenvalue weighted by Gasteiger charge is -2.11. The second-order valence-electron chi connectivity index (χ2n) is 4.01. The molecule has 0 amide bonds. The number of hydrogen-bond donors (Lipinski definition) is 1. The number of carbonyl (C=O) groups is 1. The first-order valence-electron chi connectivity index (χ1n) is 5.66. The van der Waals surface area contributed by atoms with Crippen molar-refractivity contribution in [1.82, 2.24) is 0 Å². The van der Waals surface area contributed by atoms with Crippen molar-refractivity contribution in [2.24, 2.45) is 5.92 Å². The molecule has 0 bridgehead atoms. The molecule has 0 aliphatic heterocycles. The van der Waals surface area contributed by atoms with Crippen LogP contribution in [0.15, 0.2) is 0 Å². The van der Waals surface area contributed by atoms with Gasteiger partial charge in [0.2, 0.25) is 0 Å². The average molecular weight is 290 g/mol. The first-order chi connectivity index (χ1) is 7.37. The summed E-state index contributed by atoms with van der Waals surface area (Å²) >= 11 is 16.8. The Morgan fingerprint density at radius 2 is 1.75 bits per heavy atom. The summed E-state index contributed by atoms with van der Waals surface area (Å²) < 4.78 is -1.15. The van der Waals surface area contributed by atoms with E-state index in [1.165, 1.54) is 0 Å². The van der Waals surface area contributed by atoms with Crippen LogP contribution < -0.4 is 0 Å². The summed E-state index contributed by atoms with van der Waals surface area (Å²) in [5.41, 5.74) is 0.